The molecule has 68 heavy (non-hydrogen) atoms. The standard InChI is InChI=1S/C53H85NO14/c1-32-16-12-11-13-17-33(2)44(63-8)30-40-21-19-38(7)53(62,68-40)50(59)51(60)54-23-15-14-18-41(54)52(61)67-45(35(4)28-39-20-22-43(66-25-24-55)46(29-39)64-9)31-42(56)34(3)27-37(6)48(58)49(65-10)47(57)36(5)26-32/h11-13,16-17,27,32,34-36,38-41,43-46,48-49,51,55,58,60,62H,14-15,18-26,28-31H2,1-10H3/b13-11+,16-12+,33-17+,37-27+/t32-,34-,35-,36-,38-,39+,40+,41+,43-,44+,45+,46-,48-,49+,51?,53-/m1/s1. The number of aliphatic hydroxyl groups is 4. The Kier molecular flexibility index (Phi) is 23.4. The number of fused-ring (bicyclic) bond motifs is 3. The number of ketones is 3. The van der Waals surface area contributed by atoms with Crippen LogP contribution < -0.4 is 0 Å². The van der Waals surface area contributed by atoms with Gasteiger partial charge in [0.25, 0.3) is 0 Å². The molecule has 4 N–H and O–H groups in total. The van der Waals surface area contributed by atoms with Gasteiger partial charge in [0.15, 0.2) is 12.0 Å². The minimum atomic E-state index is -2.33. The first-order chi connectivity index (χ1) is 32.3. The minimum absolute atomic E-state index is 0.0219. The van der Waals surface area contributed by atoms with Gasteiger partial charge in [-0.15, -0.1) is 0 Å². The molecule has 3 heterocycles. The molecule has 0 aromatic carbocycles. The number of carbonyl (C=O) groups is 4. The molecule has 4 rings (SSSR count). The van der Waals surface area contributed by atoms with Crippen molar-refractivity contribution < 1.29 is 68.0 Å². The van der Waals surface area contributed by atoms with Crippen molar-refractivity contribution in [2.45, 2.75) is 186 Å². The molecular weight excluding hydrogens is 875 g/mol. The number of Topliss-reactive ketones (excluding diaryl/α,β-unsaturated/α-hetero) is 3. The molecular formula is C53H85NO14. The van der Waals surface area contributed by atoms with Crippen LogP contribution in [0.3, 0.4) is 0 Å². The van der Waals surface area contributed by atoms with E-state index in [4.69, 9.17) is 28.4 Å². The van der Waals surface area contributed by atoms with E-state index in [1.807, 2.05) is 58.1 Å². The quantitative estimate of drug-likeness (QED) is 0.155. The number of cyclic esters (lactones) is 1. The monoisotopic (exact) mass is 960 g/mol. The van der Waals surface area contributed by atoms with Crippen molar-refractivity contribution in [2.24, 2.45) is 35.5 Å². The topological polar surface area (TPSA) is 208 Å². The van der Waals surface area contributed by atoms with Crippen molar-refractivity contribution in [3.8, 4) is 0 Å². The average Bonchev–Trinajstić information content (AvgIpc) is 3.32. The lowest BCUT2D eigenvalue weighted by Gasteiger charge is -2.45. The van der Waals surface area contributed by atoms with Gasteiger partial charge < -0.3 is 48.8 Å². The Morgan fingerprint density at radius 2 is 1.59 bits per heavy atom. The predicted octanol–water partition coefficient (Wildman–Crippen LogP) is 5.99. The number of methoxy groups -OCH3 is 3. The molecule has 2 bridgehead atoms. The zero-order valence-electron chi connectivity index (χ0n) is 42.5. The summed E-state index contributed by atoms with van der Waals surface area (Å²) in [6.07, 6.45) is 10.6. The molecule has 1 saturated carbocycles. The molecule has 4 aliphatic rings. The van der Waals surface area contributed by atoms with Crippen LogP contribution in [0, 0.1) is 35.5 Å². The molecule has 1 unspecified atom stereocenters. The highest BCUT2D eigenvalue weighted by Gasteiger charge is 2.53. The number of hydrogen-bond donors (Lipinski definition) is 4. The van der Waals surface area contributed by atoms with Gasteiger partial charge in [-0.3, -0.25) is 24.1 Å². The Bertz CT molecular complexity index is 1760. The molecule has 0 aromatic rings. The smallest absolute Gasteiger partial charge is 0.323 e. The van der Waals surface area contributed by atoms with Gasteiger partial charge in [0.05, 0.1) is 37.6 Å². The number of piperidine rings is 1. The summed E-state index contributed by atoms with van der Waals surface area (Å²) in [6.45, 7) is 13.1. The van der Waals surface area contributed by atoms with E-state index in [-0.39, 0.29) is 74.1 Å². The van der Waals surface area contributed by atoms with Crippen molar-refractivity contribution in [1.29, 1.82) is 0 Å². The predicted molar refractivity (Wildman–Crippen MR) is 257 cm³/mol. The minimum Gasteiger partial charge on any atom is -0.460 e. The first kappa shape index (κ1) is 57.6. The van der Waals surface area contributed by atoms with Crippen molar-refractivity contribution in [1.82, 2.24) is 4.90 Å². The van der Waals surface area contributed by atoms with Crippen LogP contribution in [0.5, 0.6) is 0 Å². The zero-order valence-corrected chi connectivity index (χ0v) is 42.5. The maximum Gasteiger partial charge on any atom is 0.323 e. The van der Waals surface area contributed by atoms with Crippen LogP contribution >= 0.6 is 0 Å². The summed E-state index contributed by atoms with van der Waals surface area (Å²) >= 11 is 0. The van der Waals surface area contributed by atoms with E-state index in [0.29, 0.717) is 63.4 Å². The average molecular weight is 960 g/mol. The molecule has 15 nitrogen and oxygen atoms in total. The Balaban J connectivity index is 1.69. The summed E-state index contributed by atoms with van der Waals surface area (Å²) in [6, 6.07) is -1.05. The summed E-state index contributed by atoms with van der Waals surface area (Å²) in [5, 5.41) is 44.7. The molecule has 16 atom stereocenters. The second-order valence-corrected chi connectivity index (χ2v) is 20.3. The van der Waals surface area contributed by atoms with Crippen LogP contribution in [0.4, 0.5) is 0 Å². The largest absolute Gasteiger partial charge is 0.460 e. The number of ether oxygens (including phenoxy) is 6. The molecule has 0 aromatic heterocycles. The van der Waals surface area contributed by atoms with Crippen molar-refractivity contribution in [2.75, 3.05) is 41.1 Å². The summed E-state index contributed by atoms with van der Waals surface area (Å²) < 4.78 is 35.7. The van der Waals surface area contributed by atoms with E-state index in [1.54, 1.807) is 41.1 Å². The molecule has 1 aliphatic carbocycles. The number of nitrogens with zero attached hydrogens (tertiary/aromatic N) is 1. The highest BCUT2D eigenvalue weighted by Crippen LogP contribution is 2.38. The SMILES string of the molecule is CO[C@H]1C[C@@H]2CC[C@@H](C)[C@@](O)(O2)C(=O)C(O)N2CCCC[C@H]2C(=O)O[C@H]([C@H](C)C[C@@H]2CC[C@@H](OCCO)[C@H](OC)C2)CC(=O)[C@H](C)/C=C(\C)[C@@H](O)[C@@H](OC)C(=O)[C@H](C)C[C@H](C)/C=C/C=C/C=C/1C. The van der Waals surface area contributed by atoms with Crippen molar-refractivity contribution >= 4 is 23.3 Å². The van der Waals surface area contributed by atoms with E-state index < -0.39 is 78.1 Å². The second kappa shape index (κ2) is 27.6. The van der Waals surface area contributed by atoms with E-state index in [9.17, 15) is 39.6 Å². The third kappa shape index (κ3) is 15.5. The Morgan fingerprint density at radius 1 is 0.853 bits per heavy atom. The van der Waals surface area contributed by atoms with E-state index in [1.165, 1.54) is 12.0 Å². The van der Waals surface area contributed by atoms with Gasteiger partial charge in [0.1, 0.15) is 30.1 Å². The summed E-state index contributed by atoms with van der Waals surface area (Å²) in [7, 11) is 4.61. The fourth-order valence-electron chi connectivity index (χ4n) is 10.6. The second-order valence-electron chi connectivity index (χ2n) is 20.3. The third-order valence-corrected chi connectivity index (χ3v) is 15.0. The van der Waals surface area contributed by atoms with Gasteiger partial charge in [-0.25, -0.2) is 0 Å². The molecule has 3 fully saturated rings. The fraction of sp³-hybridized carbons (Fsp3) is 0.774. The van der Waals surface area contributed by atoms with Gasteiger partial charge in [0.2, 0.25) is 11.6 Å². The number of carbonyl (C=O) groups excluding carboxylic acids is 4. The van der Waals surface area contributed by atoms with Gasteiger partial charge >= 0.3 is 5.97 Å². The van der Waals surface area contributed by atoms with Gasteiger partial charge in [0, 0.05) is 58.5 Å². The van der Waals surface area contributed by atoms with Crippen LogP contribution in [-0.2, 0) is 47.6 Å². The molecule has 15 heteroatoms. The van der Waals surface area contributed by atoms with Crippen LogP contribution in [0.1, 0.15) is 126 Å². The lowest BCUT2D eigenvalue weighted by atomic mass is 9.78. The number of allylic oxidation sites excluding steroid dienone is 6. The lowest BCUT2D eigenvalue weighted by Crippen LogP contribution is -2.62. The zero-order chi connectivity index (χ0) is 50.3. The highest BCUT2D eigenvalue weighted by molar-refractivity contribution is 5.90. The maximum absolute atomic E-state index is 14.5. The highest BCUT2D eigenvalue weighted by atomic mass is 16.6. The molecule has 0 spiro atoms. The summed E-state index contributed by atoms with van der Waals surface area (Å²) in [5.74, 6) is -6.43. The lowest BCUT2D eigenvalue weighted by molar-refractivity contribution is -0.275. The molecule has 2 saturated heterocycles. The molecule has 0 radical (unpaired) electrons. The Labute approximate surface area is 405 Å². The first-order valence-corrected chi connectivity index (χ1v) is 25.1. The number of esters is 1. The Morgan fingerprint density at radius 3 is 2.26 bits per heavy atom. The van der Waals surface area contributed by atoms with Crippen LogP contribution in [-0.4, -0.2) is 151 Å². The van der Waals surface area contributed by atoms with E-state index in [2.05, 4.69) is 0 Å². The van der Waals surface area contributed by atoms with E-state index >= 15 is 0 Å². The Hall–Kier alpha value is -2.96. The van der Waals surface area contributed by atoms with Crippen LogP contribution in [0.25, 0.3) is 0 Å². The number of hydrogen-bond acceptors (Lipinski definition) is 15. The normalized spacial score (nSPS) is 40.5. The number of aliphatic hydroxyl groups excluding tert-OH is 3. The van der Waals surface area contributed by atoms with E-state index in [0.717, 1.165) is 12.0 Å². The molecule has 0 amide bonds. The van der Waals surface area contributed by atoms with Gasteiger partial charge in [-0.05, 0) is 101 Å². The molecule has 386 valence electrons. The van der Waals surface area contributed by atoms with Gasteiger partial charge in [-0.2, -0.15) is 0 Å². The maximum atomic E-state index is 14.5. The number of rotatable bonds is 9. The molecule has 3 aliphatic heterocycles. The van der Waals surface area contributed by atoms with Crippen molar-refractivity contribution in [3.05, 3.63) is 47.6 Å². The van der Waals surface area contributed by atoms with Crippen LogP contribution in [0.2, 0.25) is 0 Å². The first-order valence-electron chi connectivity index (χ1n) is 25.1. The summed E-state index contributed by atoms with van der Waals surface area (Å²) in [5.41, 5.74) is 1.29. The fourth-order valence-corrected chi connectivity index (χ4v) is 10.6. The van der Waals surface area contributed by atoms with Gasteiger partial charge in [-0.1, -0.05) is 77.5 Å². The van der Waals surface area contributed by atoms with Crippen LogP contribution in [0.15, 0.2) is 47.6 Å². The van der Waals surface area contributed by atoms with Crippen molar-refractivity contribution in [3.63, 3.8) is 0 Å². The third-order valence-electron chi connectivity index (χ3n) is 15.0. The summed E-state index contributed by atoms with van der Waals surface area (Å²) in [4.78, 5) is 58.2.